The number of aromatic amines is 1. The molecule has 0 saturated carbocycles. The third kappa shape index (κ3) is 3.58. The normalized spacial score (nSPS) is 11.6. The van der Waals surface area contributed by atoms with Gasteiger partial charge in [-0.2, -0.15) is 0 Å². The summed E-state index contributed by atoms with van der Waals surface area (Å²) < 4.78 is 0. The maximum atomic E-state index is 11.4. The highest BCUT2D eigenvalue weighted by atomic mass is 16.4. The van der Waals surface area contributed by atoms with Gasteiger partial charge in [0.05, 0.1) is 5.41 Å². The average Bonchev–Trinajstić information content (AvgIpc) is 2.25. The number of anilines is 1. The Morgan fingerprint density at radius 1 is 1.56 bits per heavy atom. The molecule has 0 radical (unpaired) electrons. The molecule has 3 N–H and O–H groups in total. The van der Waals surface area contributed by atoms with E-state index in [1.807, 2.05) is 13.8 Å². The molecule has 0 aliphatic heterocycles. The van der Waals surface area contributed by atoms with E-state index < -0.39 is 11.4 Å². The van der Waals surface area contributed by atoms with Gasteiger partial charge >= 0.3 is 5.97 Å². The van der Waals surface area contributed by atoms with Crippen LogP contribution in [0.2, 0.25) is 0 Å². The number of nitrogens with one attached hydrogen (secondary N) is 2. The van der Waals surface area contributed by atoms with Crippen molar-refractivity contribution in [2.75, 3.05) is 11.9 Å². The summed E-state index contributed by atoms with van der Waals surface area (Å²) >= 11 is 0. The molecule has 0 saturated heterocycles. The van der Waals surface area contributed by atoms with E-state index >= 15 is 0 Å². The zero-order valence-corrected chi connectivity index (χ0v) is 11.1. The number of carbonyl (C=O) groups is 1. The van der Waals surface area contributed by atoms with Crippen LogP contribution >= 0.6 is 0 Å². The highest BCUT2D eigenvalue weighted by molar-refractivity contribution is 5.74. The lowest BCUT2D eigenvalue weighted by atomic mass is 9.94. The second-order valence-corrected chi connectivity index (χ2v) is 5.21. The molecule has 0 bridgehead atoms. The Hall–Kier alpha value is -1.85. The Kier molecular flexibility index (Phi) is 4.11. The molecular weight excluding hydrogens is 234 g/mol. The number of H-pyrrole nitrogens is 1. The molecule has 0 aromatic carbocycles. The zero-order valence-electron chi connectivity index (χ0n) is 11.1. The topological polar surface area (TPSA) is 95.1 Å². The van der Waals surface area contributed by atoms with Crippen molar-refractivity contribution in [3.8, 4) is 0 Å². The quantitative estimate of drug-likeness (QED) is 0.737. The molecule has 18 heavy (non-hydrogen) atoms. The summed E-state index contributed by atoms with van der Waals surface area (Å²) in [5.41, 5.74) is -1.16. The van der Waals surface area contributed by atoms with Crippen LogP contribution in [0.25, 0.3) is 0 Å². The summed E-state index contributed by atoms with van der Waals surface area (Å²) in [6, 6.07) is 1.32. The SMILES string of the molecule is CC(C)c1nc(NCC(C)(C)C(=O)O)cc(=O)[nH]1. The first-order valence-electron chi connectivity index (χ1n) is 5.81. The van der Waals surface area contributed by atoms with Crippen molar-refractivity contribution in [1.82, 2.24) is 9.97 Å². The summed E-state index contributed by atoms with van der Waals surface area (Å²) in [4.78, 5) is 29.3. The van der Waals surface area contributed by atoms with Crippen molar-refractivity contribution in [2.45, 2.75) is 33.6 Å². The van der Waals surface area contributed by atoms with Crippen LogP contribution in [0.5, 0.6) is 0 Å². The summed E-state index contributed by atoms with van der Waals surface area (Å²) in [6.07, 6.45) is 0. The number of carboxylic acids is 1. The van der Waals surface area contributed by atoms with Gasteiger partial charge in [-0.15, -0.1) is 0 Å². The van der Waals surface area contributed by atoms with Gasteiger partial charge in [0, 0.05) is 18.5 Å². The number of hydrogen-bond donors (Lipinski definition) is 3. The third-order valence-corrected chi connectivity index (χ3v) is 2.60. The maximum Gasteiger partial charge on any atom is 0.310 e. The van der Waals surface area contributed by atoms with Gasteiger partial charge < -0.3 is 15.4 Å². The molecule has 6 heteroatoms. The molecule has 0 aliphatic carbocycles. The molecule has 1 aromatic heterocycles. The minimum atomic E-state index is -0.914. The van der Waals surface area contributed by atoms with Gasteiger partial charge in [-0.05, 0) is 13.8 Å². The molecule has 1 aromatic rings. The number of carboxylic acid groups (broad SMARTS) is 1. The third-order valence-electron chi connectivity index (χ3n) is 2.60. The molecule has 0 spiro atoms. The lowest BCUT2D eigenvalue weighted by molar-refractivity contribution is -0.146. The fraction of sp³-hybridized carbons (Fsp3) is 0.583. The Morgan fingerprint density at radius 3 is 2.67 bits per heavy atom. The lowest BCUT2D eigenvalue weighted by Crippen LogP contribution is -2.32. The Labute approximate surface area is 105 Å². The van der Waals surface area contributed by atoms with Crippen molar-refractivity contribution in [2.24, 2.45) is 5.41 Å². The van der Waals surface area contributed by atoms with E-state index in [4.69, 9.17) is 5.11 Å². The Morgan fingerprint density at radius 2 is 2.17 bits per heavy atom. The monoisotopic (exact) mass is 253 g/mol. The predicted molar refractivity (Wildman–Crippen MR) is 68.9 cm³/mol. The van der Waals surface area contributed by atoms with Gasteiger partial charge in [-0.25, -0.2) is 4.98 Å². The zero-order chi connectivity index (χ0) is 13.9. The lowest BCUT2D eigenvalue weighted by Gasteiger charge is -2.20. The summed E-state index contributed by atoms with van der Waals surface area (Å²) in [6.45, 7) is 7.26. The first-order chi connectivity index (χ1) is 8.22. The highest BCUT2D eigenvalue weighted by Gasteiger charge is 2.26. The van der Waals surface area contributed by atoms with Crippen LogP contribution in [-0.4, -0.2) is 27.6 Å². The molecule has 0 fully saturated rings. The number of rotatable bonds is 5. The van der Waals surface area contributed by atoms with E-state index in [2.05, 4.69) is 15.3 Å². The van der Waals surface area contributed by atoms with Crippen LogP contribution in [0.1, 0.15) is 39.4 Å². The standard InChI is InChI=1S/C12H19N3O3/c1-7(2)10-14-8(5-9(16)15-10)13-6-12(3,4)11(17)18/h5,7H,6H2,1-4H3,(H,17,18)(H2,13,14,15,16). The molecule has 0 atom stereocenters. The van der Waals surface area contributed by atoms with Gasteiger partial charge in [0.15, 0.2) is 0 Å². The molecule has 0 amide bonds. The molecule has 0 unspecified atom stereocenters. The maximum absolute atomic E-state index is 11.4. The van der Waals surface area contributed by atoms with E-state index in [0.29, 0.717) is 11.6 Å². The van der Waals surface area contributed by atoms with Gasteiger partial charge in [0.2, 0.25) is 0 Å². The summed E-state index contributed by atoms with van der Waals surface area (Å²) in [5, 5.41) is 11.9. The van der Waals surface area contributed by atoms with Crippen LogP contribution in [0.3, 0.4) is 0 Å². The van der Waals surface area contributed by atoms with E-state index in [-0.39, 0.29) is 18.0 Å². The first kappa shape index (κ1) is 14.2. The Bertz CT molecular complexity index is 492. The number of aliphatic carboxylic acids is 1. The minimum absolute atomic E-state index is 0.104. The number of hydrogen-bond acceptors (Lipinski definition) is 4. The van der Waals surface area contributed by atoms with Crippen molar-refractivity contribution in [3.63, 3.8) is 0 Å². The minimum Gasteiger partial charge on any atom is -0.481 e. The molecule has 1 heterocycles. The van der Waals surface area contributed by atoms with Crippen molar-refractivity contribution in [3.05, 3.63) is 22.2 Å². The van der Waals surface area contributed by atoms with Crippen LogP contribution < -0.4 is 10.9 Å². The second-order valence-electron chi connectivity index (χ2n) is 5.21. The fourth-order valence-corrected chi connectivity index (χ4v) is 1.23. The average molecular weight is 253 g/mol. The Balaban J connectivity index is 2.86. The van der Waals surface area contributed by atoms with Crippen LogP contribution in [0.4, 0.5) is 5.82 Å². The molecule has 1 rings (SSSR count). The second kappa shape index (κ2) is 5.20. The van der Waals surface area contributed by atoms with Gasteiger partial charge in [-0.1, -0.05) is 13.8 Å². The van der Waals surface area contributed by atoms with Gasteiger partial charge in [0.25, 0.3) is 5.56 Å². The first-order valence-corrected chi connectivity index (χ1v) is 5.81. The number of aromatic nitrogens is 2. The van der Waals surface area contributed by atoms with Gasteiger partial charge in [0.1, 0.15) is 11.6 Å². The fourth-order valence-electron chi connectivity index (χ4n) is 1.23. The molecule has 100 valence electrons. The van der Waals surface area contributed by atoms with E-state index in [1.54, 1.807) is 13.8 Å². The van der Waals surface area contributed by atoms with Crippen molar-refractivity contribution in [1.29, 1.82) is 0 Å². The molecular formula is C12H19N3O3. The van der Waals surface area contributed by atoms with Gasteiger partial charge in [-0.3, -0.25) is 9.59 Å². The number of nitrogens with zero attached hydrogens (tertiary/aromatic N) is 1. The van der Waals surface area contributed by atoms with Crippen LogP contribution in [-0.2, 0) is 4.79 Å². The van der Waals surface area contributed by atoms with E-state index in [1.165, 1.54) is 6.07 Å². The largest absolute Gasteiger partial charge is 0.481 e. The van der Waals surface area contributed by atoms with E-state index in [9.17, 15) is 9.59 Å². The molecule has 0 aliphatic rings. The predicted octanol–water partition coefficient (Wildman–Crippen LogP) is 1.42. The summed E-state index contributed by atoms with van der Waals surface area (Å²) in [5.74, 6) is 0.186. The summed E-state index contributed by atoms with van der Waals surface area (Å²) in [7, 11) is 0. The van der Waals surface area contributed by atoms with E-state index in [0.717, 1.165) is 0 Å². The van der Waals surface area contributed by atoms with Crippen LogP contribution in [0.15, 0.2) is 10.9 Å². The highest BCUT2D eigenvalue weighted by Crippen LogP contribution is 2.16. The molecule has 6 nitrogen and oxygen atoms in total. The smallest absolute Gasteiger partial charge is 0.310 e. The van der Waals surface area contributed by atoms with Crippen molar-refractivity contribution >= 4 is 11.8 Å². The van der Waals surface area contributed by atoms with Crippen LogP contribution in [0, 0.1) is 5.41 Å². The van der Waals surface area contributed by atoms with Crippen molar-refractivity contribution < 1.29 is 9.90 Å².